The van der Waals surface area contributed by atoms with Crippen molar-refractivity contribution in [2.45, 2.75) is 0 Å². The molecule has 0 aliphatic carbocycles. The molecular weight excluding hydrogens is 422 g/mol. The minimum atomic E-state index is -0.942. The van der Waals surface area contributed by atoms with Gasteiger partial charge in [0.1, 0.15) is 12.4 Å². The molecule has 2 aromatic rings. The van der Waals surface area contributed by atoms with Crippen LogP contribution in [0.5, 0.6) is 5.75 Å². The van der Waals surface area contributed by atoms with Gasteiger partial charge < -0.3 is 10.1 Å². The van der Waals surface area contributed by atoms with E-state index in [2.05, 4.69) is 37.7 Å². The van der Waals surface area contributed by atoms with E-state index < -0.39 is 11.8 Å². The number of para-hydroxylation sites is 1. The number of nitrogens with one attached hydrogen (secondary N) is 2. The van der Waals surface area contributed by atoms with Gasteiger partial charge in [-0.25, -0.2) is 5.43 Å². The van der Waals surface area contributed by atoms with Crippen molar-refractivity contribution in [1.29, 1.82) is 0 Å². The van der Waals surface area contributed by atoms with Crippen LogP contribution in [-0.2, 0) is 9.59 Å². The zero-order valence-electron chi connectivity index (χ0n) is 13.3. The predicted octanol–water partition coefficient (Wildman–Crippen LogP) is 3.20. The Morgan fingerprint density at radius 3 is 2.77 bits per heavy atom. The van der Waals surface area contributed by atoms with Gasteiger partial charge in [-0.1, -0.05) is 45.6 Å². The van der Waals surface area contributed by atoms with Gasteiger partial charge >= 0.3 is 11.8 Å². The van der Waals surface area contributed by atoms with Crippen LogP contribution in [-0.4, -0.2) is 24.6 Å². The Morgan fingerprint density at radius 1 is 1.27 bits per heavy atom. The van der Waals surface area contributed by atoms with Crippen LogP contribution in [0.2, 0.25) is 5.02 Å². The molecule has 2 rings (SSSR count). The maximum Gasteiger partial charge on any atom is 0.329 e. The molecule has 2 aromatic carbocycles. The van der Waals surface area contributed by atoms with Crippen LogP contribution >= 0.6 is 27.5 Å². The first-order valence-corrected chi connectivity index (χ1v) is 8.43. The van der Waals surface area contributed by atoms with E-state index in [1.54, 1.807) is 42.5 Å². The molecular formula is C18H13BrClN3O3. The average molecular weight is 435 g/mol. The third-order valence-electron chi connectivity index (χ3n) is 2.98. The second-order valence-electron chi connectivity index (χ2n) is 4.81. The first kappa shape index (κ1) is 19.5. The van der Waals surface area contributed by atoms with Gasteiger partial charge in [0, 0.05) is 10.0 Å². The Balaban J connectivity index is 2.00. The lowest BCUT2D eigenvalue weighted by Crippen LogP contribution is -2.32. The van der Waals surface area contributed by atoms with Crippen molar-refractivity contribution >= 4 is 51.2 Å². The summed E-state index contributed by atoms with van der Waals surface area (Å²) in [5.41, 5.74) is 3.04. The smallest absolute Gasteiger partial charge is 0.329 e. The first-order valence-electron chi connectivity index (χ1n) is 7.26. The molecule has 2 N–H and O–H groups in total. The molecule has 0 bridgehead atoms. The largest absolute Gasteiger partial charge is 0.480 e. The summed E-state index contributed by atoms with van der Waals surface area (Å²) >= 11 is 9.25. The summed E-state index contributed by atoms with van der Waals surface area (Å²) in [6, 6.07) is 11.8. The maximum absolute atomic E-state index is 11.9. The third-order valence-corrected chi connectivity index (χ3v) is 3.80. The Bertz CT molecular complexity index is 893. The molecule has 6 nitrogen and oxygen atoms in total. The highest BCUT2D eigenvalue weighted by Gasteiger charge is 2.14. The molecule has 0 spiro atoms. The van der Waals surface area contributed by atoms with Gasteiger partial charge in [-0.05, 0) is 30.3 Å². The van der Waals surface area contributed by atoms with Crippen molar-refractivity contribution in [3.05, 3.63) is 57.5 Å². The topological polar surface area (TPSA) is 79.8 Å². The predicted molar refractivity (Wildman–Crippen MR) is 104 cm³/mol. The van der Waals surface area contributed by atoms with Gasteiger partial charge in [-0.3, -0.25) is 9.59 Å². The van der Waals surface area contributed by atoms with E-state index in [1.807, 2.05) is 0 Å². The lowest BCUT2D eigenvalue weighted by Gasteiger charge is -2.07. The van der Waals surface area contributed by atoms with Gasteiger partial charge in [0.15, 0.2) is 0 Å². The number of ether oxygens (including phenoxy) is 1. The molecule has 0 unspecified atom stereocenters. The molecule has 0 aromatic heterocycles. The Labute approximate surface area is 163 Å². The quantitative estimate of drug-likeness (QED) is 0.328. The van der Waals surface area contributed by atoms with Crippen LogP contribution in [0.25, 0.3) is 0 Å². The Kier molecular flexibility index (Phi) is 7.21. The molecule has 26 heavy (non-hydrogen) atoms. The molecule has 0 radical (unpaired) electrons. The second kappa shape index (κ2) is 9.61. The molecule has 2 amide bonds. The molecule has 8 heteroatoms. The van der Waals surface area contributed by atoms with Crippen LogP contribution in [0.3, 0.4) is 0 Å². The van der Waals surface area contributed by atoms with E-state index in [9.17, 15) is 9.59 Å². The summed E-state index contributed by atoms with van der Waals surface area (Å²) in [5, 5.41) is 6.48. The number of halogens is 2. The number of carbonyl (C=O) groups is 2. The van der Waals surface area contributed by atoms with Crippen LogP contribution in [0.4, 0.5) is 5.69 Å². The molecule has 0 fully saturated rings. The van der Waals surface area contributed by atoms with E-state index in [4.69, 9.17) is 22.8 Å². The number of hydrogen-bond acceptors (Lipinski definition) is 4. The minimum absolute atomic E-state index is 0.0923. The van der Waals surface area contributed by atoms with Crippen molar-refractivity contribution < 1.29 is 14.3 Å². The number of nitrogens with zero attached hydrogens (tertiary/aromatic N) is 1. The lowest BCUT2D eigenvalue weighted by atomic mass is 10.2. The summed E-state index contributed by atoms with van der Waals surface area (Å²) in [6.45, 7) is 0.0923. The van der Waals surface area contributed by atoms with Gasteiger partial charge in [0.2, 0.25) is 0 Å². The fourth-order valence-electron chi connectivity index (χ4n) is 1.82. The summed E-state index contributed by atoms with van der Waals surface area (Å²) in [4.78, 5) is 23.7. The van der Waals surface area contributed by atoms with E-state index in [1.165, 1.54) is 6.21 Å². The minimum Gasteiger partial charge on any atom is -0.480 e. The highest BCUT2D eigenvalue weighted by molar-refractivity contribution is 9.10. The number of carbonyl (C=O) groups excluding carboxylic acids is 2. The van der Waals surface area contributed by atoms with E-state index in [-0.39, 0.29) is 6.61 Å². The Hall–Kier alpha value is -2.82. The number of anilines is 1. The van der Waals surface area contributed by atoms with Crippen molar-refractivity contribution in [2.75, 3.05) is 11.9 Å². The standard InChI is InChI=1S/C18H13BrClN3O3/c1-2-9-26-16-8-7-13(19)10-12(16)11-21-23-18(25)17(24)22-15-6-4-3-5-14(15)20/h1,3-8,10-11H,9H2,(H,22,24)(H,23,25). The molecule has 0 saturated carbocycles. The number of benzene rings is 2. The lowest BCUT2D eigenvalue weighted by molar-refractivity contribution is -0.136. The van der Waals surface area contributed by atoms with Gasteiger partial charge in [0.25, 0.3) is 0 Å². The van der Waals surface area contributed by atoms with Gasteiger partial charge in [0.05, 0.1) is 16.9 Å². The monoisotopic (exact) mass is 433 g/mol. The highest BCUT2D eigenvalue weighted by atomic mass is 79.9. The molecule has 0 aliphatic rings. The molecule has 0 saturated heterocycles. The van der Waals surface area contributed by atoms with Crippen LogP contribution < -0.4 is 15.5 Å². The number of rotatable bonds is 5. The fraction of sp³-hybridized carbons (Fsp3) is 0.0556. The van der Waals surface area contributed by atoms with E-state index in [0.29, 0.717) is 22.0 Å². The summed E-state index contributed by atoms with van der Waals surface area (Å²) in [5.74, 6) is 1.02. The summed E-state index contributed by atoms with van der Waals surface area (Å²) < 4.78 is 6.17. The fourth-order valence-corrected chi connectivity index (χ4v) is 2.39. The third kappa shape index (κ3) is 5.62. The van der Waals surface area contributed by atoms with Crippen molar-refractivity contribution in [2.24, 2.45) is 5.10 Å². The maximum atomic E-state index is 11.9. The van der Waals surface area contributed by atoms with Crippen molar-refractivity contribution in [1.82, 2.24) is 5.43 Å². The molecule has 0 heterocycles. The number of hydrazone groups is 1. The highest BCUT2D eigenvalue weighted by Crippen LogP contribution is 2.22. The normalized spacial score (nSPS) is 10.2. The van der Waals surface area contributed by atoms with E-state index >= 15 is 0 Å². The zero-order chi connectivity index (χ0) is 18.9. The van der Waals surface area contributed by atoms with Gasteiger partial charge in [-0.2, -0.15) is 5.10 Å². The summed E-state index contributed by atoms with van der Waals surface area (Å²) in [6.07, 6.45) is 6.52. The summed E-state index contributed by atoms with van der Waals surface area (Å²) in [7, 11) is 0. The van der Waals surface area contributed by atoms with Crippen LogP contribution in [0.15, 0.2) is 52.0 Å². The average Bonchev–Trinajstić information content (AvgIpc) is 2.62. The van der Waals surface area contributed by atoms with Crippen molar-refractivity contribution in [3.8, 4) is 18.1 Å². The first-order chi connectivity index (χ1) is 12.5. The number of terminal acetylenes is 1. The Morgan fingerprint density at radius 2 is 2.04 bits per heavy atom. The SMILES string of the molecule is C#CCOc1ccc(Br)cc1C=NNC(=O)C(=O)Nc1ccccc1Cl. The molecule has 0 atom stereocenters. The van der Waals surface area contributed by atoms with E-state index in [0.717, 1.165) is 4.47 Å². The zero-order valence-corrected chi connectivity index (χ0v) is 15.7. The number of hydrogen-bond donors (Lipinski definition) is 2. The number of amides is 2. The molecule has 0 aliphatic heterocycles. The van der Waals surface area contributed by atoms with Crippen molar-refractivity contribution in [3.63, 3.8) is 0 Å². The molecule has 132 valence electrons. The second-order valence-corrected chi connectivity index (χ2v) is 6.13. The van der Waals surface area contributed by atoms with Crippen LogP contribution in [0, 0.1) is 12.3 Å². The van der Waals surface area contributed by atoms with Crippen LogP contribution in [0.1, 0.15) is 5.56 Å². The van der Waals surface area contributed by atoms with Gasteiger partial charge in [-0.15, -0.1) is 6.42 Å².